The predicted octanol–water partition coefficient (Wildman–Crippen LogP) is 5.20. The van der Waals surface area contributed by atoms with Crippen LogP contribution in [0.4, 0.5) is 0 Å². The van der Waals surface area contributed by atoms with Gasteiger partial charge >= 0.3 is 12.3 Å². The number of amides is 3. The summed E-state index contributed by atoms with van der Waals surface area (Å²) < 4.78 is 5.43. The zero-order chi connectivity index (χ0) is 25.0. The molecule has 0 bridgehead atoms. The highest BCUT2D eigenvalue weighted by atomic mass is 16.5. The summed E-state index contributed by atoms with van der Waals surface area (Å²) in [6.45, 7) is 5.33. The van der Waals surface area contributed by atoms with Gasteiger partial charge in [0.1, 0.15) is 17.8 Å². The lowest BCUT2D eigenvalue weighted by molar-refractivity contribution is -0.781. The number of methoxy groups -OCH3 is 1. The smallest absolute Gasteiger partial charge is 0.343 e. The molecule has 4 rings (SSSR count). The fourth-order valence-electron chi connectivity index (χ4n) is 6.78. The number of likely N-dealkylation sites (tertiary alicyclic amines) is 2. The number of allylic oxidation sites excluding steroid dienone is 5. The Bertz CT molecular complexity index is 933. The molecule has 0 saturated carbocycles. The van der Waals surface area contributed by atoms with Crippen LogP contribution in [0, 0.1) is 5.92 Å². The second kappa shape index (κ2) is 11.2. The third-order valence-electron chi connectivity index (χ3n) is 9.00. The fourth-order valence-corrected chi connectivity index (χ4v) is 6.78. The van der Waals surface area contributed by atoms with Crippen molar-refractivity contribution in [3.8, 4) is 0 Å². The predicted molar refractivity (Wildman–Crippen MR) is 136 cm³/mol. The second-order valence-electron chi connectivity index (χ2n) is 11.1. The number of carbonyl (C=O) groups excluding carboxylic acids is 3. The Kier molecular flexibility index (Phi) is 8.31. The van der Waals surface area contributed by atoms with Crippen LogP contribution >= 0.6 is 0 Å². The summed E-state index contributed by atoms with van der Waals surface area (Å²) in [5, 5.41) is 0. The van der Waals surface area contributed by atoms with Crippen LogP contribution < -0.4 is 0 Å². The van der Waals surface area contributed by atoms with E-state index in [1.807, 2.05) is 11.8 Å². The molecule has 2 fully saturated rings. The van der Waals surface area contributed by atoms with Crippen molar-refractivity contribution in [2.45, 2.75) is 103 Å². The highest BCUT2D eigenvalue weighted by Crippen LogP contribution is 2.38. The maximum absolute atomic E-state index is 13.6. The molecule has 0 aromatic heterocycles. The van der Waals surface area contributed by atoms with Gasteiger partial charge in [0.25, 0.3) is 0 Å². The van der Waals surface area contributed by atoms with Crippen molar-refractivity contribution >= 4 is 18.2 Å². The molecule has 0 aromatic rings. The van der Waals surface area contributed by atoms with E-state index in [0.29, 0.717) is 31.8 Å². The first-order chi connectivity index (χ1) is 16.9. The van der Waals surface area contributed by atoms with Crippen LogP contribution in [-0.4, -0.2) is 59.9 Å². The van der Waals surface area contributed by atoms with Gasteiger partial charge in [0, 0.05) is 25.8 Å². The van der Waals surface area contributed by atoms with Crippen molar-refractivity contribution in [1.82, 2.24) is 4.90 Å². The SMILES string of the molecule is COC1=CCC2=C(C=C1C)CC(CCCC(=O)N1CCCCC1C(=O)[N+]1(C=O)CCC[C@H]1C)CC2. The van der Waals surface area contributed by atoms with Crippen molar-refractivity contribution in [2.24, 2.45) is 5.92 Å². The van der Waals surface area contributed by atoms with Gasteiger partial charge in [0.2, 0.25) is 5.91 Å². The Hall–Kier alpha value is -2.21. The topological polar surface area (TPSA) is 63.7 Å². The maximum atomic E-state index is 13.6. The van der Waals surface area contributed by atoms with E-state index in [0.717, 1.165) is 70.0 Å². The lowest BCUT2D eigenvalue weighted by Gasteiger charge is -2.39. The third-order valence-corrected chi connectivity index (χ3v) is 9.00. The van der Waals surface area contributed by atoms with Crippen LogP contribution in [-0.2, 0) is 19.1 Å². The van der Waals surface area contributed by atoms with E-state index in [2.05, 4.69) is 19.1 Å². The van der Waals surface area contributed by atoms with E-state index in [1.165, 1.54) is 23.1 Å². The average Bonchev–Trinajstić information content (AvgIpc) is 3.17. The number of hydrogen-bond acceptors (Lipinski definition) is 4. The molecular weight excluding hydrogens is 440 g/mol. The first-order valence-corrected chi connectivity index (χ1v) is 13.7. The normalized spacial score (nSPS) is 31.3. The Morgan fingerprint density at radius 1 is 1.20 bits per heavy atom. The van der Waals surface area contributed by atoms with E-state index in [1.54, 1.807) is 7.11 Å². The molecule has 6 heteroatoms. The summed E-state index contributed by atoms with van der Waals surface area (Å²) in [4.78, 5) is 40.7. The molecule has 2 aliphatic heterocycles. The van der Waals surface area contributed by atoms with Gasteiger partial charge in [-0.1, -0.05) is 11.6 Å². The highest BCUT2D eigenvalue weighted by Gasteiger charge is 2.51. The minimum Gasteiger partial charge on any atom is -0.497 e. The lowest BCUT2D eigenvalue weighted by Crippen LogP contribution is -2.62. The van der Waals surface area contributed by atoms with Crippen LogP contribution in [0.1, 0.15) is 90.9 Å². The molecule has 2 heterocycles. The monoisotopic (exact) mass is 483 g/mol. The first kappa shape index (κ1) is 25.9. The number of nitrogens with zero attached hydrogens (tertiary/aromatic N) is 2. The number of piperidine rings is 1. The summed E-state index contributed by atoms with van der Waals surface area (Å²) in [5.41, 5.74) is 4.18. The summed E-state index contributed by atoms with van der Waals surface area (Å²) in [7, 11) is 1.74. The zero-order valence-corrected chi connectivity index (χ0v) is 21.9. The standard InChI is InChI=1S/C29H43N2O4/c1-21-18-25-19-23(12-13-24(25)14-15-27(21)35-3)9-6-11-28(33)30-16-5-4-10-26(30)29(34)31(20-32)17-7-8-22(31)2/h15,18,20,22-23,26H,4-14,16-17,19H2,1-3H3/q+1/t22-,23?,26?,31?/m1/s1. The second-order valence-corrected chi connectivity index (χ2v) is 11.1. The summed E-state index contributed by atoms with van der Waals surface area (Å²) in [6.07, 6.45) is 16.4. The lowest BCUT2D eigenvalue weighted by atomic mass is 9.80. The van der Waals surface area contributed by atoms with Crippen LogP contribution in [0.2, 0.25) is 0 Å². The van der Waals surface area contributed by atoms with Gasteiger partial charge < -0.3 is 9.64 Å². The highest BCUT2D eigenvalue weighted by molar-refractivity contribution is 5.87. The number of rotatable bonds is 7. The molecule has 3 unspecified atom stereocenters. The van der Waals surface area contributed by atoms with Gasteiger partial charge in [-0.25, -0.2) is 9.59 Å². The van der Waals surface area contributed by atoms with E-state index in [4.69, 9.17) is 4.74 Å². The van der Waals surface area contributed by atoms with Crippen LogP contribution in [0.3, 0.4) is 0 Å². The molecule has 2 aliphatic carbocycles. The van der Waals surface area contributed by atoms with E-state index in [9.17, 15) is 14.4 Å². The number of quaternary nitrogens is 1. The molecule has 3 amide bonds. The van der Waals surface area contributed by atoms with Crippen molar-refractivity contribution in [2.75, 3.05) is 20.2 Å². The van der Waals surface area contributed by atoms with Crippen molar-refractivity contribution < 1.29 is 23.6 Å². The van der Waals surface area contributed by atoms with Gasteiger partial charge in [-0.15, -0.1) is 0 Å². The van der Waals surface area contributed by atoms with Gasteiger partial charge in [0.05, 0.1) is 13.7 Å². The quantitative estimate of drug-likeness (QED) is 0.369. The van der Waals surface area contributed by atoms with Gasteiger partial charge in [-0.3, -0.25) is 4.79 Å². The molecule has 0 spiro atoms. The Morgan fingerprint density at radius 3 is 2.74 bits per heavy atom. The molecule has 0 N–H and O–H groups in total. The number of imide groups is 1. The molecule has 0 aromatic carbocycles. The average molecular weight is 484 g/mol. The van der Waals surface area contributed by atoms with Gasteiger partial charge in [-0.2, -0.15) is 4.48 Å². The molecular formula is C29H43N2O4+. The first-order valence-electron chi connectivity index (χ1n) is 13.7. The summed E-state index contributed by atoms with van der Waals surface area (Å²) in [6, 6.07) is -0.424. The van der Waals surface area contributed by atoms with Crippen LogP contribution in [0.15, 0.2) is 34.6 Å². The zero-order valence-electron chi connectivity index (χ0n) is 21.9. The molecule has 192 valence electrons. The number of ether oxygens (including phenoxy) is 1. The minimum atomic E-state index is -0.439. The molecule has 2 saturated heterocycles. The maximum Gasteiger partial charge on any atom is 0.343 e. The van der Waals surface area contributed by atoms with Crippen molar-refractivity contribution in [3.05, 3.63) is 34.6 Å². The Labute approximate surface area is 210 Å². The van der Waals surface area contributed by atoms with Crippen molar-refractivity contribution in [1.29, 1.82) is 0 Å². The van der Waals surface area contributed by atoms with E-state index < -0.39 is 6.04 Å². The molecule has 35 heavy (non-hydrogen) atoms. The van der Waals surface area contributed by atoms with Crippen LogP contribution in [0.5, 0.6) is 0 Å². The summed E-state index contributed by atoms with van der Waals surface area (Å²) >= 11 is 0. The van der Waals surface area contributed by atoms with Crippen LogP contribution in [0.25, 0.3) is 0 Å². The Morgan fingerprint density at radius 2 is 2.03 bits per heavy atom. The molecule has 6 nitrogen and oxygen atoms in total. The molecule has 4 aliphatic rings. The van der Waals surface area contributed by atoms with Gasteiger partial charge in [0.15, 0.2) is 0 Å². The summed E-state index contributed by atoms with van der Waals surface area (Å²) in [5.74, 6) is 1.62. The minimum absolute atomic E-state index is 0.0150. The number of carbonyl (C=O) groups is 3. The molecule has 4 atom stereocenters. The largest absolute Gasteiger partial charge is 0.497 e. The van der Waals surface area contributed by atoms with Crippen molar-refractivity contribution in [3.63, 3.8) is 0 Å². The number of hydrogen-bond donors (Lipinski definition) is 0. The third kappa shape index (κ3) is 5.32. The van der Waals surface area contributed by atoms with Gasteiger partial charge in [-0.05, 0) is 94.8 Å². The van der Waals surface area contributed by atoms with E-state index >= 15 is 0 Å². The Balaban J connectivity index is 1.33. The fraction of sp³-hybridized carbons (Fsp3) is 0.690. The molecule has 0 radical (unpaired) electrons. The van der Waals surface area contributed by atoms with E-state index in [-0.39, 0.29) is 22.3 Å².